The number of nitrogens with one attached hydrogen (secondary N) is 1. The van der Waals surface area contributed by atoms with Gasteiger partial charge in [-0.3, -0.25) is 9.20 Å². The SMILES string of the molecule is O=C(COc1ccc(-c2c(-c3ccc(Cl)cc3)nc3sc4ccccc4n23)cc1)Nc1ccccn1. The maximum Gasteiger partial charge on any atom is 0.263 e. The molecule has 6 nitrogen and oxygen atoms in total. The number of pyridine rings is 1. The number of fused-ring (bicyclic) bond motifs is 3. The summed E-state index contributed by atoms with van der Waals surface area (Å²) < 4.78 is 9.07. The first kappa shape index (κ1) is 22.3. The van der Waals surface area contributed by atoms with Gasteiger partial charge in [-0.05, 0) is 60.7 Å². The minimum Gasteiger partial charge on any atom is -0.484 e. The Morgan fingerprint density at radius 1 is 0.917 bits per heavy atom. The number of amides is 1. The molecule has 0 aliphatic rings. The van der Waals surface area contributed by atoms with Crippen LogP contribution in [0, 0.1) is 0 Å². The van der Waals surface area contributed by atoms with Gasteiger partial charge < -0.3 is 10.1 Å². The number of thiazole rings is 1. The maximum absolute atomic E-state index is 12.2. The van der Waals surface area contributed by atoms with E-state index >= 15 is 0 Å². The summed E-state index contributed by atoms with van der Waals surface area (Å²) in [4.78, 5) is 22.2. The highest BCUT2D eigenvalue weighted by atomic mass is 35.5. The second kappa shape index (κ2) is 9.45. The largest absolute Gasteiger partial charge is 0.484 e. The Morgan fingerprint density at radius 3 is 2.44 bits per heavy atom. The van der Waals surface area contributed by atoms with Crippen LogP contribution in [0.25, 0.3) is 37.7 Å². The number of hydrogen-bond donors (Lipinski definition) is 1. The minimum atomic E-state index is -0.273. The van der Waals surface area contributed by atoms with E-state index < -0.39 is 0 Å². The maximum atomic E-state index is 12.2. The molecule has 3 aromatic heterocycles. The van der Waals surface area contributed by atoms with Crippen LogP contribution in [-0.4, -0.2) is 26.9 Å². The monoisotopic (exact) mass is 510 g/mol. The molecule has 8 heteroatoms. The number of hydrogen-bond acceptors (Lipinski definition) is 5. The van der Waals surface area contributed by atoms with Gasteiger partial charge in [0.15, 0.2) is 11.6 Å². The zero-order chi connectivity index (χ0) is 24.5. The summed E-state index contributed by atoms with van der Waals surface area (Å²) >= 11 is 7.79. The smallest absolute Gasteiger partial charge is 0.263 e. The molecule has 3 aromatic carbocycles. The average Bonchev–Trinajstić information content (AvgIpc) is 3.45. The third kappa shape index (κ3) is 4.30. The molecule has 0 spiro atoms. The van der Waals surface area contributed by atoms with Gasteiger partial charge in [0.25, 0.3) is 5.91 Å². The molecule has 6 rings (SSSR count). The Hall–Kier alpha value is -4.20. The molecule has 1 amide bonds. The van der Waals surface area contributed by atoms with Crippen LogP contribution in [0.2, 0.25) is 5.02 Å². The van der Waals surface area contributed by atoms with Gasteiger partial charge in [-0.1, -0.05) is 53.3 Å². The van der Waals surface area contributed by atoms with Crippen molar-refractivity contribution in [3.8, 4) is 28.3 Å². The molecule has 36 heavy (non-hydrogen) atoms. The van der Waals surface area contributed by atoms with Gasteiger partial charge in [-0.25, -0.2) is 9.97 Å². The Labute approximate surface area is 215 Å². The normalized spacial score (nSPS) is 11.1. The third-order valence-electron chi connectivity index (χ3n) is 5.70. The van der Waals surface area contributed by atoms with Gasteiger partial charge in [0.1, 0.15) is 11.6 Å². The minimum absolute atomic E-state index is 0.113. The Morgan fingerprint density at radius 2 is 1.67 bits per heavy atom. The number of anilines is 1. The first-order chi connectivity index (χ1) is 17.7. The van der Waals surface area contributed by atoms with Gasteiger partial charge in [-0.2, -0.15) is 0 Å². The van der Waals surface area contributed by atoms with Crippen LogP contribution in [0.1, 0.15) is 0 Å². The lowest BCUT2D eigenvalue weighted by Crippen LogP contribution is -2.20. The number of benzene rings is 3. The predicted octanol–water partition coefficient (Wildman–Crippen LogP) is 6.95. The number of carbonyl (C=O) groups excluding carboxylic acids is 1. The van der Waals surface area contributed by atoms with Gasteiger partial charge in [0.05, 0.1) is 21.6 Å². The molecule has 0 saturated heterocycles. The van der Waals surface area contributed by atoms with E-state index in [1.807, 2.05) is 66.7 Å². The molecule has 0 saturated carbocycles. The quantitative estimate of drug-likeness (QED) is 0.263. The van der Waals surface area contributed by atoms with Crippen LogP contribution < -0.4 is 10.1 Å². The molecule has 176 valence electrons. The molecule has 6 aromatic rings. The number of carbonyl (C=O) groups is 1. The third-order valence-corrected chi connectivity index (χ3v) is 6.98. The Balaban J connectivity index is 1.33. The van der Waals surface area contributed by atoms with E-state index in [1.54, 1.807) is 29.7 Å². The van der Waals surface area contributed by atoms with Crippen LogP contribution in [0.15, 0.2) is 97.2 Å². The van der Waals surface area contributed by atoms with Crippen LogP contribution in [0.5, 0.6) is 5.75 Å². The van der Waals surface area contributed by atoms with E-state index in [4.69, 9.17) is 21.3 Å². The summed E-state index contributed by atoms with van der Waals surface area (Å²) in [5.41, 5.74) is 4.95. The van der Waals surface area contributed by atoms with E-state index in [2.05, 4.69) is 26.8 Å². The van der Waals surface area contributed by atoms with Crippen molar-refractivity contribution in [1.82, 2.24) is 14.4 Å². The summed E-state index contributed by atoms with van der Waals surface area (Å²) in [6.45, 7) is -0.113. The molecule has 0 aliphatic carbocycles. The highest BCUT2D eigenvalue weighted by Crippen LogP contribution is 2.39. The zero-order valence-electron chi connectivity index (χ0n) is 18.9. The van der Waals surface area contributed by atoms with Crippen molar-refractivity contribution < 1.29 is 9.53 Å². The van der Waals surface area contributed by atoms with Crippen LogP contribution in [0.3, 0.4) is 0 Å². The van der Waals surface area contributed by atoms with Crippen LogP contribution in [-0.2, 0) is 4.79 Å². The Kier molecular flexibility index (Phi) is 5.85. The van der Waals surface area contributed by atoms with Crippen molar-refractivity contribution in [1.29, 1.82) is 0 Å². The molecule has 0 radical (unpaired) electrons. The number of ether oxygens (including phenoxy) is 1. The number of para-hydroxylation sites is 1. The second-order valence-electron chi connectivity index (χ2n) is 8.08. The summed E-state index contributed by atoms with van der Waals surface area (Å²) in [5.74, 6) is 0.813. The van der Waals surface area contributed by atoms with Crippen molar-refractivity contribution in [2.45, 2.75) is 0 Å². The molecule has 0 fully saturated rings. The van der Waals surface area contributed by atoms with E-state index in [0.29, 0.717) is 16.6 Å². The van der Waals surface area contributed by atoms with Crippen molar-refractivity contribution in [2.24, 2.45) is 0 Å². The topological polar surface area (TPSA) is 68.5 Å². The van der Waals surface area contributed by atoms with E-state index in [9.17, 15) is 4.79 Å². The fourth-order valence-corrected chi connectivity index (χ4v) is 5.22. The zero-order valence-corrected chi connectivity index (χ0v) is 20.5. The summed E-state index contributed by atoms with van der Waals surface area (Å²) in [7, 11) is 0. The van der Waals surface area contributed by atoms with E-state index in [0.717, 1.165) is 33.0 Å². The first-order valence-corrected chi connectivity index (χ1v) is 12.5. The molecular weight excluding hydrogens is 492 g/mol. The highest BCUT2D eigenvalue weighted by Gasteiger charge is 2.20. The molecule has 0 atom stereocenters. The number of aromatic nitrogens is 3. The van der Waals surface area contributed by atoms with Gasteiger partial charge in [0.2, 0.25) is 0 Å². The standard InChI is InChI=1S/C28H19ClN4O2S/c29-20-12-8-18(9-13-20)26-27(33-22-5-1-2-6-23(22)36-28(33)32-26)19-10-14-21(15-11-19)35-17-25(34)31-24-7-3-4-16-30-24/h1-16H,17H2,(H,30,31,34). The number of nitrogens with zero attached hydrogens (tertiary/aromatic N) is 3. The van der Waals surface area contributed by atoms with Crippen molar-refractivity contribution >= 4 is 49.8 Å². The molecule has 0 aliphatic heterocycles. The Bertz CT molecular complexity index is 1680. The van der Waals surface area contributed by atoms with Gasteiger partial charge >= 0.3 is 0 Å². The molecular formula is C28H19ClN4O2S. The summed E-state index contributed by atoms with van der Waals surface area (Å²) in [6.07, 6.45) is 1.62. The highest BCUT2D eigenvalue weighted by molar-refractivity contribution is 7.23. The predicted molar refractivity (Wildman–Crippen MR) is 145 cm³/mol. The molecule has 1 N–H and O–H groups in total. The fourth-order valence-electron chi connectivity index (χ4n) is 4.07. The van der Waals surface area contributed by atoms with Crippen molar-refractivity contribution in [2.75, 3.05) is 11.9 Å². The first-order valence-electron chi connectivity index (χ1n) is 11.3. The number of halogens is 1. The van der Waals surface area contributed by atoms with Crippen molar-refractivity contribution in [3.63, 3.8) is 0 Å². The van der Waals surface area contributed by atoms with Crippen LogP contribution >= 0.6 is 22.9 Å². The molecule has 0 bridgehead atoms. The lowest BCUT2D eigenvalue weighted by Gasteiger charge is -2.09. The molecule has 3 heterocycles. The number of imidazole rings is 1. The summed E-state index contributed by atoms with van der Waals surface area (Å²) in [6, 6.07) is 29.0. The molecule has 0 unspecified atom stereocenters. The van der Waals surface area contributed by atoms with Crippen molar-refractivity contribution in [3.05, 3.63) is 102 Å². The lowest BCUT2D eigenvalue weighted by atomic mass is 10.0. The average molecular weight is 511 g/mol. The van der Waals surface area contributed by atoms with Crippen LogP contribution in [0.4, 0.5) is 5.82 Å². The van der Waals surface area contributed by atoms with Gasteiger partial charge in [-0.15, -0.1) is 0 Å². The lowest BCUT2D eigenvalue weighted by molar-refractivity contribution is -0.118. The second-order valence-corrected chi connectivity index (χ2v) is 9.53. The van der Waals surface area contributed by atoms with Gasteiger partial charge in [0, 0.05) is 22.3 Å². The fraction of sp³-hybridized carbons (Fsp3) is 0.0357. The summed E-state index contributed by atoms with van der Waals surface area (Å²) in [5, 5.41) is 3.40. The van der Waals surface area contributed by atoms with E-state index in [1.165, 1.54) is 4.70 Å². The number of rotatable bonds is 6. The van der Waals surface area contributed by atoms with E-state index in [-0.39, 0.29) is 12.5 Å².